The van der Waals surface area contributed by atoms with Crippen LogP contribution in [0.15, 0.2) is 0 Å². The molecule has 5 heteroatoms. The van der Waals surface area contributed by atoms with E-state index in [9.17, 15) is 9.59 Å². The van der Waals surface area contributed by atoms with E-state index in [2.05, 4.69) is 5.32 Å². The van der Waals surface area contributed by atoms with Crippen molar-refractivity contribution in [1.82, 2.24) is 5.32 Å². The Bertz CT molecular complexity index is 198. The second-order valence-electron chi connectivity index (χ2n) is 3.08. The van der Waals surface area contributed by atoms with Gasteiger partial charge in [-0.2, -0.15) is 0 Å². The molecule has 1 saturated heterocycles. The van der Waals surface area contributed by atoms with E-state index in [4.69, 9.17) is 9.84 Å². The Morgan fingerprint density at radius 2 is 2.31 bits per heavy atom. The smallest absolute Gasteiger partial charge is 0.394 e. The number of nitrogens with one attached hydrogen (secondary N) is 1. The lowest BCUT2D eigenvalue weighted by Crippen LogP contribution is -2.32. The van der Waals surface area contributed by atoms with Crippen molar-refractivity contribution in [2.75, 3.05) is 19.8 Å². The molecule has 0 spiro atoms. The van der Waals surface area contributed by atoms with Crippen molar-refractivity contribution < 1.29 is 19.4 Å². The largest absolute Gasteiger partial charge is 0.474 e. The maximum Gasteiger partial charge on any atom is 0.394 e. The monoisotopic (exact) mass is 187 g/mol. The average molecular weight is 187 g/mol. The molecule has 1 aliphatic heterocycles. The van der Waals surface area contributed by atoms with Crippen LogP contribution < -0.4 is 5.32 Å². The lowest BCUT2D eigenvalue weighted by atomic mass is 10.1. The van der Waals surface area contributed by atoms with Crippen molar-refractivity contribution >= 4 is 11.9 Å². The summed E-state index contributed by atoms with van der Waals surface area (Å²) >= 11 is 0. The Morgan fingerprint density at radius 1 is 1.54 bits per heavy atom. The predicted octanol–water partition coefficient (Wildman–Crippen LogP) is -0.386. The highest BCUT2D eigenvalue weighted by atomic mass is 16.5. The SMILES string of the molecule is O=C(O)C(=O)NCCC1CCOC1. The highest BCUT2D eigenvalue weighted by Crippen LogP contribution is 2.14. The Labute approximate surface area is 76.1 Å². The molecular formula is C8H13NO4. The minimum absolute atomic E-state index is 0.416. The van der Waals surface area contributed by atoms with Crippen LogP contribution in [0.4, 0.5) is 0 Å². The van der Waals surface area contributed by atoms with Gasteiger partial charge in [0.25, 0.3) is 0 Å². The molecule has 1 amide bonds. The zero-order chi connectivity index (χ0) is 9.68. The number of aliphatic carboxylic acids is 1. The Kier molecular flexibility index (Phi) is 3.70. The topological polar surface area (TPSA) is 75.6 Å². The van der Waals surface area contributed by atoms with Gasteiger partial charge in [-0.05, 0) is 18.8 Å². The van der Waals surface area contributed by atoms with Gasteiger partial charge in [-0.25, -0.2) is 4.79 Å². The third-order valence-corrected chi connectivity index (χ3v) is 2.06. The third-order valence-electron chi connectivity index (χ3n) is 2.06. The van der Waals surface area contributed by atoms with Crippen molar-refractivity contribution in [2.24, 2.45) is 5.92 Å². The quantitative estimate of drug-likeness (QED) is 0.590. The molecule has 13 heavy (non-hydrogen) atoms. The molecule has 0 radical (unpaired) electrons. The molecule has 2 N–H and O–H groups in total. The number of carbonyl (C=O) groups excluding carboxylic acids is 1. The van der Waals surface area contributed by atoms with Gasteiger partial charge in [-0.3, -0.25) is 4.79 Å². The molecule has 1 heterocycles. The molecule has 1 aliphatic rings. The van der Waals surface area contributed by atoms with E-state index in [1.807, 2.05) is 0 Å². The van der Waals surface area contributed by atoms with Crippen molar-refractivity contribution in [2.45, 2.75) is 12.8 Å². The lowest BCUT2D eigenvalue weighted by molar-refractivity contribution is -0.150. The number of carboxylic acid groups (broad SMARTS) is 1. The molecular weight excluding hydrogens is 174 g/mol. The number of rotatable bonds is 3. The van der Waals surface area contributed by atoms with E-state index in [-0.39, 0.29) is 0 Å². The van der Waals surface area contributed by atoms with Gasteiger partial charge in [-0.1, -0.05) is 0 Å². The summed E-state index contributed by atoms with van der Waals surface area (Å²) in [6.45, 7) is 1.92. The van der Waals surface area contributed by atoms with Crippen molar-refractivity contribution in [3.8, 4) is 0 Å². The molecule has 1 unspecified atom stereocenters. The van der Waals surface area contributed by atoms with E-state index in [0.717, 1.165) is 26.1 Å². The Hall–Kier alpha value is -1.10. The summed E-state index contributed by atoms with van der Waals surface area (Å²) in [6, 6.07) is 0. The van der Waals surface area contributed by atoms with E-state index in [1.54, 1.807) is 0 Å². The fourth-order valence-electron chi connectivity index (χ4n) is 1.28. The summed E-state index contributed by atoms with van der Waals surface area (Å²) in [4.78, 5) is 20.7. The summed E-state index contributed by atoms with van der Waals surface area (Å²) in [5.74, 6) is -1.89. The Balaban J connectivity index is 2.06. The molecule has 1 fully saturated rings. The van der Waals surface area contributed by atoms with Gasteiger partial charge in [0.05, 0.1) is 0 Å². The standard InChI is InChI=1S/C8H13NO4/c10-7(8(11)12)9-3-1-6-2-4-13-5-6/h6H,1-5H2,(H,9,10)(H,11,12). The first-order chi connectivity index (χ1) is 6.20. The highest BCUT2D eigenvalue weighted by molar-refractivity contribution is 6.31. The average Bonchev–Trinajstić information content (AvgIpc) is 2.56. The number of ether oxygens (including phenoxy) is 1. The Morgan fingerprint density at radius 3 is 2.85 bits per heavy atom. The summed E-state index contributed by atoms with van der Waals surface area (Å²) in [7, 11) is 0. The van der Waals surface area contributed by atoms with Crippen LogP contribution in [0.1, 0.15) is 12.8 Å². The molecule has 74 valence electrons. The summed E-state index contributed by atoms with van der Waals surface area (Å²) in [6.07, 6.45) is 1.79. The normalized spacial score (nSPS) is 21.4. The fraction of sp³-hybridized carbons (Fsp3) is 0.750. The van der Waals surface area contributed by atoms with Gasteiger partial charge in [0, 0.05) is 19.8 Å². The van der Waals surface area contributed by atoms with Crippen LogP contribution in [0.2, 0.25) is 0 Å². The van der Waals surface area contributed by atoms with Gasteiger partial charge in [0.15, 0.2) is 0 Å². The minimum Gasteiger partial charge on any atom is -0.474 e. The molecule has 5 nitrogen and oxygen atoms in total. The second kappa shape index (κ2) is 4.81. The zero-order valence-electron chi connectivity index (χ0n) is 7.28. The minimum atomic E-state index is -1.43. The van der Waals surface area contributed by atoms with Gasteiger partial charge in [-0.15, -0.1) is 0 Å². The maximum atomic E-state index is 10.6. The van der Waals surface area contributed by atoms with E-state index in [1.165, 1.54) is 0 Å². The van der Waals surface area contributed by atoms with Crippen LogP contribution in [0.5, 0.6) is 0 Å². The summed E-state index contributed by atoms with van der Waals surface area (Å²) in [5.41, 5.74) is 0. The second-order valence-corrected chi connectivity index (χ2v) is 3.08. The highest BCUT2D eigenvalue weighted by Gasteiger charge is 2.16. The van der Waals surface area contributed by atoms with Gasteiger partial charge < -0.3 is 15.2 Å². The van der Waals surface area contributed by atoms with E-state index >= 15 is 0 Å². The van der Waals surface area contributed by atoms with Crippen LogP contribution in [0.3, 0.4) is 0 Å². The summed E-state index contributed by atoms with van der Waals surface area (Å²) in [5, 5.41) is 10.6. The van der Waals surface area contributed by atoms with E-state index in [0.29, 0.717) is 12.5 Å². The van der Waals surface area contributed by atoms with Crippen LogP contribution >= 0.6 is 0 Å². The molecule has 0 aliphatic carbocycles. The molecule has 1 rings (SSSR count). The number of hydrogen-bond donors (Lipinski definition) is 2. The van der Waals surface area contributed by atoms with Crippen LogP contribution in [0.25, 0.3) is 0 Å². The summed E-state index contributed by atoms with van der Waals surface area (Å²) < 4.78 is 5.13. The zero-order valence-corrected chi connectivity index (χ0v) is 7.28. The molecule has 0 aromatic carbocycles. The molecule has 0 aromatic rings. The van der Waals surface area contributed by atoms with Crippen molar-refractivity contribution in [3.63, 3.8) is 0 Å². The number of amides is 1. The number of carbonyl (C=O) groups is 2. The van der Waals surface area contributed by atoms with Crippen molar-refractivity contribution in [1.29, 1.82) is 0 Å². The fourth-order valence-corrected chi connectivity index (χ4v) is 1.28. The molecule has 1 atom stereocenters. The third kappa shape index (κ3) is 3.42. The number of hydrogen-bond acceptors (Lipinski definition) is 3. The molecule has 0 aromatic heterocycles. The molecule has 0 bridgehead atoms. The van der Waals surface area contributed by atoms with Crippen molar-refractivity contribution in [3.05, 3.63) is 0 Å². The van der Waals surface area contributed by atoms with E-state index < -0.39 is 11.9 Å². The first-order valence-electron chi connectivity index (χ1n) is 4.29. The molecule has 0 saturated carbocycles. The van der Waals surface area contributed by atoms with Gasteiger partial charge in [0.2, 0.25) is 0 Å². The van der Waals surface area contributed by atoms with Gasteiger partial charge >= 0.3 is 11.9 Å². The van der Waals surface area contributed by atoms with Crippen LogP contribution in [-0.2, 0) is 14.3 Å². The maximum absolute atomic E-state index is 10.6. The lowest BCUT2D eigenvalue weighted by Gasteiger charge is -2.06. The van der Waals surface area contributed by atoms with Crippen LogP contribution in [-0.4, -0.2) is 36.7 Å². The van der Waals surface area contributed by atoms with Gasteiger partial charge in [0.1, 0.15) is 0 Å². The first kappa shape index (κ1) is 9.98. The van der Waals surface area contributed by atoms with Crippen LogP contribution in [0, 0.1) is 5.92 Å². The predicted molar refractivity (Wildman–Crippen MR) is 44.2 cm³/mol. The first-order valence-corrected chi connectivity index (χ1v) is 4.29. The number of carboxylic acids is 1.